The molecule has 2 aromatic rings. The van der Waals surface area contributed by atoms with Crippen LogP contribution in [-0.4, -0.2) is 9.97 Å². The SMILES string of the molecule is CCc1[nH]c(=O)nc2ccc(C(F)(F)F)cc12. The molecule has 0 amide bonds. The number of H-pyrrole nitrogens is 1. The lowest BCUT2D eigenvalue weighted by Crippen LogP contribution is -2.13. The Balaban J connectivity index is 2.76. The highest BCUT2D eigenvalue weighted by Gasteiger charge is 2.30. The van der Waals surface area contributed by atoms with Crippen molar-refractivity contribution in [3.63, 3.8) is 0 Å². The third kappa shape index (κ3) is 2.15. The summed E-state index contributed by atoms with van der Waals surface area (Å²) in [6.45, 7) is 1.75. The third-order valence-electron chi connectivity index (χ3n) is 2.48. The number of rotatable bonds is 1. The fraction of sp³-hybridized carbons (Fsp3) is 0.273. The summed E-state index contributed by atoms with van der Waals surface area (Å²) in [6, 6.07) is 3.15. The number of hydrogen-bond donors (Lipinski definition) is 1. The molecule has 0 saturated carbocycles. The van der Waals surface area contributed by atoms with Gasteiger partial charge in [0.2, 0.25) is 0 Å². The normalized spacial score (nSPS) is 12.0. The Morgan fingerprint density at radius 1 is 1.35 bits per heavy atom. The van der Waals surface area contributed by atoms with Crippen molar-refractivity contribution >= 4 is 10.9 Å². The Labute approximate surface area is 94.3 Å². The van der Waals surface area contributed by atoms with Crippen LogP contribution in [0.5, 0.6) is 0 Å². The molecule has 17 heavy (non-hydrogen) atoms. The van der Waals surface area contributed by atoms with Crippen LogP contribution < -0.4 is 5.69 Å². The van der Waals surface area contributed by atoms with Gasteiger partial charge in [0.05, 0.1) is 11.1 Å². The molecule has 6 heteroatoms. The summed E-state index contributed by atoms with van der Waals surface area (Å²) in [5.74, 6) is 0. The van der Waals surface area contributed by atoms with Gasteiger partial charge in [-0.25, -0.2) is 4.79 Å². The molecular weight excluding hydrogens is 233 g/mol. The average molecular weight is 242 g/mol. The minimum Gasteiger partial charge on any atom is -0.309 e. The molecule has 90 valence electrons. The van der Waals surface area contributed by atoms with Crippen molar-refractivity contribution in [2.24, 2.45) is 0 Å². The van der Waals surface area contributed by atoms with E-state index in [1.54, 1.807) is 6.92 Å². The zero-order chi connectivity index (χ0) is 12.6. The molecule has 0 aliphatic carbocycles. The van der Waals surface area contributed by atoms with Crippen molar-refractivity contribution < 1.29 is 13.2 Å². The molecule has 0 fully saturated rings. The van der Waals surface area contributed by atoms with Crippen LogP contribution in [0.4, 0.5) is 13.2 Å². The summed E-state index contributed by atoms with van der Waals surface area (Å²) in [6.07, 6.45) is -3.95. The van der Waals surface area contributed by atoms with E-state index in [4.69, 9.17) is 0 Å². The number of alkyl halides is 3. The summed E-state index contributed by atoms with van der Waals surface area (Å²) < 4.78 is 37.6. The second-order valence-corrected chi connectivity index (χ2v) is 3.60. The van der Waals surface area contributed by atoms with Crippen LogP contribution in [0.1, 0.15) is 18.2 Å². The van der Waals surface area contributed by atoms with Gasteiger partial charge < -0.3 is 4.98 Å². The number of hydrogen-bond acceptors (Lipinski definition) is 2. The predicted molar refractivity (Wildman–Crippen MR) is 56.7 cm³/mol. The van der Waals surface area contributed by atoms with Crippen LogP contribution >= 0.6 is 0 Å². The Bertz CT molecular complexity index is 616. The van der Waals surface area contributed by atoms with E-state index < -0.39 is 17.4 Å². The number of aromatic amines is 1. The van der Waals surface area contributed by atoms with Gasteiger partial charge in [0.1, 0.15) is 0 Å². The van der Waals surface area contributed by atoms with E-state index in [1.165, 1.54) is 6.07 Å². The van der Waals surface area contributed by atoms with Gasteiger partial charge in [-0.05, 0) is 24.6 Å². The molecule has 3 nitrogen and oxygen atoms in total. The lowest BCUT2D eigenvalue weighted by molar-refractivity contribution is -0.137. The highest BCUT2D eigenvalue weighted by Crippen LogP contribution is 2.31. The van der Waals surface area contributed by atoms with E-state index in [1.807, 2.05) is 0 Å². The topological polar surface area (TPSA) is 45.8 Å². The summed E-state index contributed by atoms with van der Waals surface area (Å²) >= 11 is 0. The molecule has 0 unspecified atom stereocenters. The molecule has 1 heterocycles. The quantitative estimate of drug-likeness (QED) is 0.835. The number of halogens is 3. The molecule has 0 aliphatic heterocycles. The molecule has 0 atom stereocenters. The van der Waals surface area contributed by atoms with Crippen LogP contribution in [0.3, 0.4) is 0 Å². The first-order chi connectivity index (χ1) is 7.91. The summed E-state index contributed by atoms with van der Waals surface area (Å²) in [5, 5.41) is 0.335. The number of aromatic nitrogens is 2. The van der Waals surface area contributed by atoms with Gasteiger partial charge in [0.15, 0.2) is 0 Å². The van der Waals surface area contributed by atoms with Crippen molar-refractivity contribution in [2.75, 3.05) is 0 Å². The van der Waals surface area contributed by atoms with Crippen LogP contribution in [0.2, 0.25) is 0 Å². The summed E-state index contributed by atoms with van der Waals surface area (Å²) in [4.78, 5) is 17.2. The Morgan fingerprint density at radius 3 is 2.65 bits per heavy atom. The highest BCUT2D eigenvalue weighted by atomic mass is 19.4. The predicted octanol–water partition coefficient (Wildman–Crippen LogP) is 2.50. The third-order valence-corrected chi connectivity index (χ3v) is 2.48. The molecule has 0 radical (unpaired) electrons. The first-order valence-corrected chi connectivity index (χ1v) is 5.02. The maximum absolute atomic E-state index is 12.5. The molecule has 1 aromatic heterocycles. The maximum Gasteiger partial charge on any atom is 0.416 e. The van der Waals surface area contributed by atoms with E-state index in [0.29, 0.717) is 17.5 Å². The van der Waals surface area contributed by atoms with E-state index >= 15 is 0 Å². The standard InChI is InChI=1S/C11H9F3N2O/c1-2-8-7-5-6(11(12,13)14)3-4-9(7)16-10(17)15-8/h3-5H,2H2,1H3,(H,15,16,17). The Kier molecular flexibility index (Phi) is 2.65. The van der Waals surface area contributed by atoms with E-state index in [-0.39, 0.29) is 5.52 Å². The summed E-state index contributed by atoms with van der Waals surface area (Å²) in [5.41, 5.74) is -0.549. The van der Waals surface area contributed by atoms with Crippen molar-refractivity contribution in [3.8, 4) is 0 Å². The minimum absolute atomic E-state index is 0.276. The van der Waals surface area contributed by atoms with Gasteiger partial charge in [-0.1, -0.05) is 6.92 Å². The van der Waals surface area contributed by atoms with E-state index in [0.717, 1.165) is 12.1 Å². The van der Waals surface area contributed by atoms with Gasteiger partial charge in [-0.15, -0.1) is 0 Å². The number of benzene rings is 1. The highest BCUT2D eigenvalue weighted by molar-refractivity contribution is 5.81. The number of aryl methyl sites for hydroxylation is 1. The first kappa shape index (κ1) is 11.6. The van der Waals surface area contributed by atoms with Gasteiger partial charge in [0, 0.05) is 11.1 Å². The van der Waals surface area contributed by atoms with Gasteiger partial charge in [0.25, 0.3) is 0 Å². The van der Waals surface area contributed by atoms with Crippen molar-refractivity contribution in [1.29, 1.82) is 0 Å². The van der Waals surface area contributed by atoms with Crippen molar-refractivity contribution in [3.05, 3.63) is 39.9 Å². The van der Waals surface area contributed by atoms with Crippen molar-refractivity contribution in [2.45, 2.75) is 19.5 Å². The molecular formula is C11H9F3N2O. The minimum atomic E-state index is -4.39. The zero-order valence-corrected chi connectivity index (χ0v) is 8.93. The van der Waals surface area contributed by atoms with Crippen LogP contribution in [0.15, 0.2) is 23.0 Å². The van der Waals surface area contributed by atoms with E-state index in [2.05, 4.69) is 9.97 Å². The monoisotopic (exact) mass is 242 g/mol. The molecule has 2 rings (SSSR count). The lowest BCUT2D eigenvalue weighted by atomic mass is 10.1. The Hall–Kier alpha value is -1.85. The van der Waals surface area contributed by atoms with Crippen molar-refractivity contribution in [1.82, 2.24) is 9.97 Å². The second kappa shape index (κ2) is 3.87. The molecule has 1 N–H and O–H groups in total. The van der Waals surface area contributed by atoms with Gasteiger partial charge in [-0.2, -0.15) is 18.2 Å². The molecule has 0 aliphatic rings. The molecule has 1 aromatic carbocycles. The number of nitrogens with one attached hydrogen (secondary N) is 1. The first-order valence-electron chi connectivity index (χ1n) is 5.02. The fourth-order valence-corrected chi connectivity index (χ4v) is 1.66. The second-order valence-electron chi connectivity index (χ2n) is 3.60. The fourth-order valence-electron chi connectivity index (χ4n) is 1.66. The Morgan fingerprint density at radius 2 is 2.06 bits per heavy atom. The average Bonchev–Trinajstić information content (AvgIpc) is 2.25. The molecule has 0 bridgehead atoms. The smallest absolute Gasteiger partial charge is 0.309 e. The van der Waals surface area contributed by atoms with Gasteiger partial charge >= 0.3 is 11.9 Å². The zero-order valence-electron chi connectivity index (χ0n) is 8.93. The van der Waals surface area contributed by atoms with Crippen LogP contribution in [0.25, 0.3) is 10.9 Å². The number of nitrogens with zero attached hydrogens (tertiary/aromatic N) is 1. The van der Waals surface area contributed by atoms with E-state index in [9.17, 15) is 18.0 Å². The lowest BCUT2D eigenvalue weighted by Gasteiger charge is -2.09. The van der Waals surface area contributed by atoms with Crippen LogP contribution in [-0.2, 0) is 12.6 Å². The summed E-state index contributed by atoms with van der Waals surface area (Å²) in [7, 11) is 0. The van der Waals surface area contributed by atoms with Crippen LogP contribution in [0, 0.1) is 0 Å². The van der Waals surface area contributed by atoms with Gasteiger partial charge in [-0.3, -0.25) is 0 Å². The number of fused-ring (bicyclic) bond motifs is 1. The molecule has 0 spiro atoms. The maximum atomic E-state index is 12.5. The molecule has 0 saturated heterocycles. The largest absolute Gasteiger partial charge is 0.416 e.